The molecule has 0 saturated carbocycles. The number of hydrogen-bond acceptors (Lipinski definition) is 3. The van der Waals surface area contributed by atoms with Gasteiger partial charge in [0, 0.05) is 35.0 Å². The highest BCUT2D eigenvalue weighted by Gasteiger charge is 2.43. The lowest BCUT2D eigenvalue weighted by Crippen LogP contribution is -2.50. The van der Waals surface area contributed by atoms with Crippen molar-refractivity contribution >= 4 is 38.9 Å². The van der Waals surface area contributed by atoms with E-state index in [2.05, 4.69) is 16.0 Å². The second-order valence-electron chi connectivity index (χ2n) is 7.49. The van der Waals surface area contributed by atoms with Gasteiger partial charge in [-0.2, -0.15) is 4.31 Å². The van der Waals surface area contributed by atoms with Crippen LogP contribution in [0.2, 0.25) is 10.0 Å². The van der Waals surface area contributed by atoms with Crippen molar-refractivity contribution in [2.24, 2.45) is 0 Å². The minimum Gasteiger partial charge on any atom is -0.372 e. The normalized spacial score (nSPS) is 18.1. The van der Waals surface area contributed by atoms with Crippen LogP contribution in [-0.2, 0) is 15.6 Å². The molecule has 5 nitrogen and oxygen atoms in total. The van der Waals surface area contributed by atoms with Crippen LogP contribution in [0.25, 0.3) is 5.69 Å². The molecule has 3 aromatic rings. The van der Waals surface area contributed by atoms with Crippen LogP contribution in [0, 0.1) is 0 Å². The molecule has 2 aliphatic rings. The van der Waals surface area contributed by atoms with Crippen LogP contribution in [-0.4, -0.2) is 30.4 Å². The molecule has 1 spiro atoms. The van der Waals surface area contributed by atoms with Crippen molar-refractivity contribution in [2.45, 2.75) is 23.3 Å². The first-order valence-electron chi connectivity index (χ1n) is 9.41. The fraction of sp³-hybridized carbons (Fsp3) is 0.238. The highest BCUT2D eigenvalue weighted by molar-refractivity contribution is 7.89. The average molecular weight is 448 g/mol. The van der Waals surface area contributed by atoms with Gasteiger partial charge in [0.2, 0.25) is 10.0 Å². The summed E-state index contributed by atoms with van der Waals surface area (Å²) in [5.41, 5.74) is 2.85. The van der Waals surface area contributed by atoms with Gasteiger partial charge in [-0.25, -0.2) is 8.42 Å². The molecule has 1 N–H and O–H groups in total. The molecule has 0 radical (unpaired) electrons. The van der Waals surface area contributed by atoms with Crippen LogP contribution in [0.4, 0.5) is 5.69 Å². The number of aromatic nitrogens is 1. The topological polar surface area (TPSA) is 54.3 Å². The summed E-state index contributed by atoms with van der Waals surface area (Å²) in [5.74, 6) is 0. The zero-order chi connectivity index (χ0) is 20.2. The van der Waals surface area contributed by atoms with Crippen LogP contribution < -0.4 is 5.32 Å². The zero-order valence-electron chi connectivity index (χ0n) is 15.5. The molecule has 2 aliphatic heterocycles. The van der Waals surface area contributed by atoms with Crippen LogP contribution in [0.5, 0.6) is 0 Å². The monoisotopic (exact) mass is 447 g/mol. The van der Waals surface area contributed by atoms with E-state index in [0.717, 1.165) is 17.1 Å². The van der Waals surface area contributed by atoms with Crippen molar-refractivity contribution in [3.63, 3.8) is 0 Å². The van der Waals surface area contributed by atoms with Gasteiger partial charge < -0.3 is 9.88 Å². The third-order valence-corrected chi connectivity index (χ3v) is 8.26. The molecule has 150 valence electrons. The molecule has 0 bridgehead atoms. The number of piperidine rings is 1. The summed E-state index contributed by atoms with van der Waals surface area (Å²) in [6, 6.07) is 16.3. The van der Waals surface area contributed by atoms with E-state index in [4.69, 9.17) is 23.2 Å². The quantitative estimate of drug-likeness (QED) is 0.608. The van der Waals surface area contributed by atoms with Crippen molar-refractivity contribution in [3.05, 3.63) is 76.5 Å². The largest absolute Gasteiger partial charge is 0.372 e. The second kappa shape index (κ2) is 6.77. The standard InChI is InChI=1S/C21H19Cl2N3O2S/c22-15-3-6-17(7-4-15)29(27,28)25-12-9-21(10-13-25)20-2-1-11-26(20)19-14-16(23)5-8-18(19)24-21/h1-8,11,14,24H,9-10,12-13H2. The summed E-state index contributed by atoms with van der Waals surface area (Å²) >= 11 is 12.1. The first kappa shape index (κ1) is 19.0. The number of sulfonamides is 1. The second-order valence-corrected chi connectivity index (χ2v) is 10.3. The van der Waals surface area contributed by atoms with Gasteiger partial charge in [-0.1, -0.05) is 23.2 Å². The molecule has 0 aliphatic carbocycles. The molecule has 1 saturated heterocycles. The Balaban J connectivity index is 1.45. The van der Waals surface area contributed by atoms with Crippen molar-refractivity contribution in [2.75, 3.05) is 18.4 Å². The summed E-state index contributed by atoms with van der Waals surface area (Å²) in [5, 5.41) is 4.89. The Morgan fingerprint density at radius 1 is 0.931 bits per heavy atom. The van der Waals surface area contributed by atoms with Crippen LogP contribution in [0.3, 0.4) is 0 Å². The van der Waals surface area contributed by atoms with E-state index < -0.39 is 10.0 Å². The van der Waals surface area contributed by atoms with Gasteiger partial charge in [0.15, 0.2) is 0 Å². The zero-order valence-corrected chi connectivity index (χ0v) is 17.8. The van der Waals surface area contributed by atoms with Gasteiger partial charge in [-0.15, -0.1) is 0 Å². The minimum absolute atomic E-state index is 0.276. The van der Waals surface area contributed by atoms with Crippen LogP contribution in [0.15, 0.2) is 65.7 Å². The van der Waals surface area contributed by atoms with Gasteiger partial charge in [0.1, 0.15) is 0 Å². The number of benzene rings is 2. The lowest BCUT2D eigenvalue weighted by Gasteiger charge is -2.45. The highest BCUT2D eigenvalue weighted by atomic mass is 35.5. The van der Waals surface area contributed by atoms with Gasteiger partial charge in [0.25, 0.3) is 0 Å². The van der Waals surface area contributed by atoms with Crippen LogP contribution in [0.1, 0.15) is 18.5 Å². The smallest absolute Gasteiger partial charge is 0.243 e. The number of fused-ring (bicyclic) bond motifs is 4. The maximum atomic E-state index is 13.0. The highest BCUT2D eigenvalue weighted by Crippen LogP contribution is 2.44. The maximum absolute atomic E-state index is 13.0. The summed E-state index contributed by atoms with van der Waals surface area (Å²) in [6.07, 6.45) is 3.38. The number of nitrogens with zero attached hydrogens (tertiary/aromatic N) is 2. The van der Waals surface area contributed by atoms with Crippen molar-refractivity contribution in [1.82, 2.24) is 8.87 Å². The number of hydrogen-bond donors (Lipinski definition) is 1. The Bertz CT molecular complexity index is 1180. The van der Waals surface area contributed by atoms with Gasteiger partial charge in [-0.05, 0) is 67.4 Å². The molecule has 1 fully saturated rings. The number of anilines is 1. The lowest BCUT2D eigenvalue weighted by atomic mass is 9.83. The fourth-order valence-electron chi connectivity index (χ4n) is 4.36. The van der Waals surface area contributed by atoms with Crippen molar-refractivity contribution < 1.29 is 8.42 Å². The Labute approximate surface area is 179 Å². The van der Waals surface area contributed by atoms with E-state index in [-0.39, 0.29) is 10.4 Å². The molecule has 29 heavy (non-hydrogen) atoms. The first-order chi connectivity index (χ1) is 13.9. The molecule has 0 unspecified atom stereocenters. The molecule has 3 heterocycles. The average Bonchev–Trinajstić information content (AvgIpc) is 3.21. The molecular formula is C21H19Cl2N3O2S. The Morgan fingerprint density at radius 3 is 2.34 bits per heavy atom. The fourth-order valence-corrected chi connectivity index (χ4v) is 6.09. The summed E-state index contributed by atoms with van der Waals surface area (Å²) < 4.78 is 29.8. The minimum atomic E-state index is -3.54. The van der Waals surface area contributed by atoms with Crippen molar-refractivity contribution in [1.29, 1.82) is 0 Å². The molecule has 2 aromatic carbocycles. The van der Waals surface area contributed by atoms with E-state index in [1.807, 2.05) is 30.5 Å². The predicted octanol–water partition coefficient (Wildman–Crippen LogP) is 4.89. The Hall–Kier alpha value is -1.99. The first-order valence-corrected chi connectivity index (χ1v) is 11.6. The van der Waals surface area contributed by atoms with Gasteiger partial charge in [-0.3, -0.25) is 0 Å². The number of nitrogens with one attached hydrogen (secondary N) is 1. The molecule has 0 amide bonds. The van der Waals surface area contributed by atoms with Crippen molar-refractivity contribution in [3.8, 4) is 5.69 Å². The molecular weight excluding hydrogens is 429 g/mol. The van der Waals surface area contributed by atoms with Gasteiger partial charge in [0.05, 0.1) is 21.8 Å². The lowest BCUT2D eigenvalue weighted by molar-refractivity contribution is 0.247. The summed E-state index contributed by atoms with van der Waals surface area (Å²) in [4.78, 5) is 0.276. The van der Waals surface area contributed by atoms with Gasteiger partial charge >= 0.3 is 0 Å². The third kappa shape index (κ3) is 3.06. The summed E-state index contributed by atoms with van der Waals surface area (Å²) in [6.45, 7) is 0.873. The third-order valence-electron chi connectivity index (χ3n) is 5.86. The van der Waals surface area contributed by atoms with Crippen LogP contribution >= 0.6 is 23.2 Å². The maximum Gasteiger partial charge on any atom is 0.243 e. The Kier molecular flexibility index (Phi) is 4.44. The summed E-state index contributed by atoms with van der Waals surface area (Å²) in [7, 11) is -3.54. The Morgan fingerprint density at radius 2 is 1.62 bits per heavy atom. The number of rotatable bonds is 2. The predicted molar refractivity (Wildman–Crippen MR) is 116 cm³/mol. The van der Waals surface area contributed by atoms with E-state index in [9.17, 15) is 8.42 Å². The molecule has 8 heteroatoms. The van der Waals surface area contributed by atoms with E-state index >= 15 is 0 Å². The van der Waals surface area contributed by atoms with E-state index in [0.29, 0.717) is 36.0 Å². The SMILES string of the molecule is O=S(=O)(c1ccc(Cl)cc1)N1CCC2(CC1)Nc1ccc(Cl)cc1-n1cccc12. The molecule has 1 aromatic heterocycles. The number of halogens is 2. The van der Waals surface area contributed by atoms with E-state index in [1.54, 1.807) is 28.6 Å². The molecule has 0 atom stereocenters. The van der Waals surface area contributed by atoms with E-state index in [1.165, 1.54) is 0 Å². The molecule has 5 rings (SSSR count).